The fourth-order valence-electron chi connectivity index (χ4n) is 2.21. The van der Waals surface area contributed by atoms with Crippen LogP contribution < -0.4 is 0 Å². The van der Waals surface area contributed by atoms with Crippen LogP contribution >= 0.6 is 0 Å². The Labute approximate surface area is 92.0 Å². The quantitative estimate of drug-likeness (QED) is 0.570. The summed E-state index contributed by atoms with van der Waals surface area (Å²) in [7, 11) is 0. The molecule has 3 rings (SSSR count). The van der Waals surface area contributed by atoms with Crippen LogP contribution in [0.3, 0.4) is 0 Å². The van der Waals surface area contributed by atoms with Gasteiger partial charge in [0.15, 0.2) is 12.0 Å². The van der Waals surface area contributed by atoms with E-state index in [-0.39, 0.29) is 5.54 Å². The van der Waals surface area contributed by atoms with Gasteiger partial charge in [-0.2, -0.15) is 4.99 Å². The van der Waals surface area contributed by atoms with E-state index >= 15 is 0 Å². The number of rotatable bonds is 2. The molecule has 0 aliphatic heterocycles. The molecular formula is C12H10N2O2. The maximum atomic E-state index is 10.5. The molecule has 0 bridgehead atoms. The topological polar surface area (TPSA) is 55.5 Å². The summed E-state index contributed by atoms with van der Waals surface area (Å²) >= 11 is 0. The number of benzene rings is 1. The second-order valence-electron chi connectivity index (χ2n) is 4.12. The van der Waals surface area contributed by atoms with E-state index in [0.29, 0.717) is 0 Å². The first-order valence-electron chi connectivity index (χ1n) is 5.27. The molecule has 1 aliphatic rings. The fourth-order valence-corrected chi connectivity index (χ4v) is 2.21. The molecule has 1 aliphatic carbocycles. The average molecular weight is 214 g/mol. The van der Waals surface area contributed by atoms with Gasteiger partial charge in [-0.15, -0.1) is 0 Å². The van der Waals surface area contributed by atoms with Gasteiger partial charge in [-0.05, 0) is 37.0 Å². The third-order valence-electron chi connectivity index (χ3n) is 3.31. The third-order valence-corrected chi connectivity index (χ3v) is 3.31. The summed E-state index contributed by atoms with van der Waals surface area (Å²) in [5, 5.41) is 0. The number of isocyanates is 1. The molecule has 16 heavy (non-hydrogen) atoms. The summed E-state index contributed by atoms with van der Waals surface area (Å²) in [5.41, 5.74) is 2.23. The van der Waals surface area contributed by atoms with Gasteiger partial charge in [0.05, 0.1) is 5.54 Å². The first-order chi connectivity index (χ1) is 7.84. The molecule has 1 fully saturated rings. The van der Waals surface area contributed by atoms with Crippen molar-refractivity contribution in [3.05, 3.63) is 30.2 Å². The Morgan fingerprint density at radius 1 is 1.44 bits per heavy atom. The SMILES string of the molecule is O=C=NC1(c2ccc3ncoc3c2)CCC1. The summed E-state index contributed by atoms with van der Waals surface area (Å²) < 4.78 is 5.25. The number of oxazole rings is 1. The Morgan fingerprint density at radius 2 is 2.31 bits per heavy atom. The highest BCUT2D eigenvalue weighted by molar-refractivity contribution is 5.73. The lowest BCUT2D eigenvalue weighted by atomic mass is 9.72. The third kappa shape index (κ3) is 1.20. The van der Waals surface area contributed by atoms with E-state index < -0.39 is 0 Å². The van der Waals surface area contributed by atoms with Crippen molar-refractivity contribution in [1.82, 2.24) is 4.98 Å². The summed E-state index contributed by atoms with van der Waals surface area (Å²) in [4.78, 5) is 18.5. The van der Waals surface area contributed by atoms with Gasteiger partial charge in [-0.3, -0.25) is 0 Å². The average Bonchev–Trinajstić information content (AvgIpc) is 2.70. The van der Waals surface area contributed by atoms with Crippen molar-refractivity contribution < 1.29 is 9.21 Å². The predicted molar refractivity (Wildman–Crippen MR) is 57.7 cm³/mol. The number of aromatic nitrogens is 1. The van der Waals surface area contributed by atoms with Crippen LogP contribution in [-0.4, -0.2) is 11.1 Å². The summed E-state index contributed by atoms with van der Waals surface area (Å²) in [5.74, 6) is 0. The maximum absolute atomic E-state index is 10.5. The van der Waals surface area contributed by atoms with Crippen LogP contribution in [0, 0.1) is 0 Å². The molecule has 4 heteroatoms. The minimum atomic E-state index is -0.358. The standard InChI is InChI=1S/C12H10N2O2/c15-7-14-12(4-1-5-12)9-2-3-10-11(6-9)16-8-13-10/h2-3,6,8H,1,4-5H2. The molecule has 0 saturated heterocycles. The van der Waals surface area contributed by atoms with Crippen LogP contribution in [0.5, 0.6) is 0 Å². The van der Waals surface area contributed by atoms with Crippen LogP contribution in [-0.2, 0) is 10.3 Å². The van der Waals surface area contributed by atoms with Crippen molar-refractivity contribution in [3.8, 4) is 0 Å². The van der Waals surface area contributed by atoms with Crippen LogP contribution in [0.15, 0.2) is 34.0 Å². The van der Waals surface area contributed by atoms with Gasteiger partial charge in [0.2, 0.25) is 6.08 Å². The normalized spacial score (nSPS) is 17.8. The van der Waals surface area contributed by atoms with Gasteiger partial charge >= 0.3 is 0 Å². The van der Waals surface area contributed by atoms with E-state index in [2.05, 4.69) is 9.98 Å². The van der Waals surface area contributed by atoms with Gasteiger partial charge in [-0.1, -0.05) is 6.07 Å². The number of hydrogen-bond donors (Lipinski definition) is 0. The smallest absolute Gasteiger partial charge is 0.235 e. The molecule has 0 radical (unpaired) electrons. The molecule has 1 aromatic heterocycles. The zero-order valence-electron chi connectivity index (χ0n) is 8.64. The van der Waals surface area contributed by atoms with Crippen LogP contribution in [0.2, 0.25) is 0 Å². The van der Waals surface area contributed by atoms with E-state index in [1.54, 1.807) is 6.08 Å². The zero-order valence-corrected chi connectivity index (χ0v) is 8.64. The lowest BCUT2D eigenvalue weighted by Crippen LogP contribution is -2.31. The van der Waals surface area contributed by atoms with Gasteiger partial charge in [-0.25, -0.2) is 9.78 Å². The molecule has 1 aromatic carbocycles. The Balaban J connectivity index is 2.13. The molecule has 0 amide bonds. The second-order valence-corrected chi connectivity index (χ2v) is 4.12. The summed E-state index contributed by atoms with van der Waals surface area (Å²) in [6.07, 6.45) is 6.01. The number of fused-ring (bicyclic) bond motifs is 1. The Morgan fingerprint density at radius 3 is 3.00 bits per heavy atom. The van der Waals surface area contributed by atoms with Crippen molar-refractivity contribution in [1.29, 1.82) is 0 Å². The maximum Gasteiger partial charge on any atom is 0.235 e. The largest absolute Gasteiger partial charge is 0.443 e. The lowest BCUT2D eigenvalue weighted by Gasteiger charge is -2.36. The number of aliphatic imine (C=N–C) groups is 1. The van der Waals surface area contributed by atoms with Gasteiger partial charge in [0.1, 0.15) is 5.52 Å². The number of carbonyl (C=O) groups excluding carboxylic acids is 1. The van der Waals surface area contributed by atoms with E-state index in [1.165, 1.54) is 6.39 Å². The van der Waals surface area contributed by atoms with Crippen molar-refractivity contribution >= 4 is 17.2 Å². The first-order valence-corrected chi connectivity index (χ1v) is 5.27. The van der Waals surface area contributed by atoms with E-state index in [0.717, 1.165) is 35.9 Å². The van der Waals surface area contributed by atoms with Crippen LogP contribution in [0.4, 0.5) is 0 Å². The molecule has 2 aromatic rings. The minimum Gasteiger partial charge on any atom is -0.443 e. The second kappa shape index (κ2) is 3.29. The van der Waals surface area contributed by atoms with Crippen LogP contribution in [0.25, 0.3) is 11.1 Å². The molecule has 1 saturated carbocycles. The van der Waals surface area contributed by atoms with Crippen molar-refractivity contribution in [2.45, 2.75) is 24.8 Å². The molecule has 80 valence electrons. The number of hydrogen-bond acceptors (Lipinski definition) is 4. The molecular weight excluding hydrogens is 204 g/mol. The van der Waals surface area contributed by atoms with Crippen molar-refractivity contribution in [2.75, 3.05) is 0 Å². The highest BCUT2D eigenvalue weighted by atomic mass is 16.3. The molecule has 0 unspecified atom stereocenters. The Bertz CT molecular complexity index is 577. The molecule has 4 nitrogen and oxygen atoms in total. The van der Waals surface area contributed by atoms with Gasteiger partial charge < -0.3 is 4.42 Å². The summed E-state index contributed by atoms with van der Waals surface area (Å²) in [6, 6.07) is 5.78. The van der Waals surface area contributed by atoms with Crippen LogP contribution in [0.1, 0.15) is 24.8 Å². The monoisotopic (exact) mass is 214 g/mol. The molecule has 0 spiro atoms. The highest BCUT2D eigenvalue weighted by Gasteiger charge is 2.39. The van der Waals surface area contributed by atoms with E-state index in [1.807, 2.05) is 18.2 Å². The zero-order chi connectivity index (χ0) is 11.0. The van der Waals surface area contributed by atoms with Gasteiger partial charge in [0, 0.05) is 0 Å². The summed E-state index contributed by atoms with van der Waals surface area (Å²) in [6.45, 7) is 0. The molecule has 0 atom stereocenters. The molecule has 0 N–H and O–H groups in total. The highest BCUT2D eigenvalue weighted by Crippen LogP contribution is 2.45. The Hall–Kier alpha value is -1.93. The van der Waals surface area contributed by atoms with Gasteiger partial charge in [0.25, 0.3) is 0 Å². The lowest BCUT2D eigenvalue weighted by molar-refractivity contribution is 0.256. The fraction of sp³-hybridized carbons (Fsp3) is 0.333. The number of nitrogens with zero attached hydrogens (tertiary/aromatic N) is 2. The van der Waals surface area contributed by atoms with E-state index in [9.17, 15) is 4.79 Å². The molecule has 1 heterocycles. The van der Waals surface area contributed by atoms with E-state index in [4.69, 9.17) is 4.42 Å². The predicted octanol–water partition coefficient (Wildman–Crippen LogP) is 2.54. The first kappa shape index (κ1) is 9.31. The van der Waals surface area contributed by atoms with Crippen molar-refractivity contribution in [3.63, 3.8) is 0 Å². The minimum absolute atomic E-state index is 0.358. The van der Waals surface area contributed by atoms with Crippen molar-refractivity contribution in [2.24, 2.45) is 4.99 Å². The Kier molecular flexibility index (Phi) is 1.91.